The summed E-state index contributed by atoms with van der Waals surface area (Å²) in [5.41, 5.74) is 1.28. The van der Waals surface area contributed by atoms with Crippen LogP contribution in [0.15, 0.2) is 58.5 Å². The minimum absolute atomic E-state index is 0.488. The van der Waals surface area contributed by atoms with Crippen LogP contribution < -0.4 is 0 Å². The van der Waals surface area contributed by atoms with Crippen LogP contribution in [0.2, 0.25) is 0 Å². The van der Waals surface area contributed by atoms with Crippen LogP contribution in [-0.2, 0) is 0 Å². The zero-order chi connectivity index (χ0) is 10.2. The number of azo groups is 1. The number of rotatable bonds is 0. The zero-order valence-electron chi connectivity index (χ0n) is 8.72. The summed E-state index contributed by atoms with van der Waals surface area (Å²) in [5.74, 6) is 0.488. The van der Waals surface area contributed by atoms with Gasteiger partial charge in [0.05, 0.1) is 12.7 Å². The highest BCUT2D eigenvalue weighted by Gasteiger charge is 2.12. The van der Waals surface area contributed by atoms with Gasteiger partial charge in [0, 0.05) is 5.92 Å². The molecule has 14 heavy (non-hydrogen) atoms. The van der Waals surface area contributed by atoms with Gasteiger partial charge in [-0.1, -0.05) is 36.5 Å². The first-order chi connectivity index (χ1) is 6.88. The molecule has 0 aromatic rings. The van der Waals surface area contributed by atoms with E-state index in [0.29, 0.717) is 5.92 Å². The van der Waals surface area contributed by atoms with Gasteiger partial charge < -0.3 is 0 Å². The van der Waals surface area contributed by atoms with E-state index in [1.54, 1.807) is 0 Å². The van der Waals surface area contributed by atoms with Crippen molar-refractivity contribution in [2.75, 3.05) is 6.54 Å². The molecule has 0 aromatic heterocycles. The number of hydrogen-bond acceptors (Lipinski definition) is 2. The number of fused-ring (bicyclic) bond motifs is 1. The molecule has 1 heterocycles. The first-order valence-corrected chi connectivity index (χ1v) is 4.87. The van der Waals surface area contributed by atoms with Crippen LogP contribution >= 0.6 is 0 Å². The van der Waals surface area contributed by atoms with Gasteiger partial charge in [-0.25, -0.2) is 0 Å². The predicted molar refractivity (Wildman–Crippen MR) is 60.1 cm³/mol. The van der Waals surface area contributed by atoms with Crippen LogP contribution in [0.25, 0.3) is 0 Å². The summed E-state index contributed by atoms with van der Waals surface area (Å²) in [6, 6.07) is 0. The molecule has 0 saturated carbocycles. The van der Waals surface area contributed by atoms with Crippen molar-refractivity contribution in [1.29, 1.82) is 0 Å². The van der Waals surface area contributed by atoms with Gasteiger partial charge in [0.15, 0.2) is 0 Å². The fraction of sp³-hybridized carbons (Fsp3) is 0.333. The molecule has 0 bridgehead atoms. The van der Waals surface area contributed by atoms with Gasteiger partial charge in [0.1, 0.15) is 0 Å². The van der Waals surface area contributed by atoms with Crippen LogP contribution in [0, 0.1) is 5.92 Å². The molecule has 2 nitrogen and oxygen atoms in total. The monoisotopic (exact) mass is 188 g/mol. The van der Waals surface area contributed by atoms with E-state index in [-0.39, 0.29) is 0 Å². The summed E-state index contributed by atoms with van der Waals surface area (Å²) >= 11 is 0. The lowest BCUT2D eigenvalue weighted by molar-refractivity contribution is 0.721. The molecule has 0 amide bonds. The molecule has 0 saturated heterocycles. The third-order valence-corrected chi connectivity index (χ3v) is 2.07. The minimum Gasteiger partial charge on any atom is -0.188 e. The second kappa shape index (κ2) is 6.08. The molecule has 0 N–H and O–H groups in total. The van der Waals surface area contributed by atoms with Crippen LogP contribution in [0.4, 0.5) is 0 Å². The lowest BCUT2D eigenvalue weighted by Gasteiger charge is -2.15. The van der Waals surface area contributed by atoms with E-state index in [4.69, 9.17) is 0 Å². The maximum Gasteiger partial charge on any atom is 0.0707 e. The third kappa shape index (κ3) is 3.13. The molecule has 1 atom stereocenters. The van der Waals surface area contributed by atoms with E-state index in [1.165, 1.54) is 5.57 Å². The van der Waals surface area contributed by atoms with Crippen molar-refractivity contribution in [2.45, 2.75) is 13.8 Å². The van der Waals surface area contributed by atoms with E-state index in [1.807, 2.05) is 38.3 Å². The summed E-state index contributed by atoms with van der Waals surface area (Å²) in [5, 5.41) is 7.76. The average molecular weight is 188 g/mol. The van der Waals surface area contributed by atoms with E-state index in [9.17, 15) is 0 Å². The lowest BCUT2D eigenvalue weighted by atomic mass is 9.95. The predicted octanol–water partition coefficient (Wildman–Crippen LogP) is 3.66. The molecular weight excluding hydrogens is 172 g/mol. The highest BCUT2D eigenvalue weighted by Crippen LogP contribution is 2.21. The molecule has 0 aromatic carbocycles. The maximum absolute atomic E-state index is 3.92. The highest BCUT2D eigenvalue weighted by molar-refractivity contribution is 5.33. The van der Waals surface area contributed by atoms with Gasteiger partial charge in [-0.05, 0) is 19.4 Å². The van der Waals surface area contributed by atoms with Crippen molar-refractivity contribution in [3.8, 4) is 0 Å². The third-order valence-electron chi connectivity index (χ3n) is 2.07. The lowest BCUT2D eigenvalue weighted by Crippen LogP contribution is -2.07. The minimum atomic E-state index is 0.488. The van der Waals surface area contributed by atoms with Crippen LogP contribution in [0.5, 0.6) is 0 Å². The van der Waals surface area contributed by atoms with Crippen LogP contribution in [0.1, 0.15) is 13.8 Å². The Hall–Kier alpha value is -1.44. The second-order valence-electron chi connectivity index (χ2n) is 3.09. The molecule has 2 heteroatoms. The number of nitrogens with zero attached hydrogens (tertiary/aromatic N) is 2. The van der Waals surface area contributed by atoms with Crippen LogP contribution in [0.3, 0.4) is 0 Å². The first kappa shape index (κ1) is 10.6. The highest BCUT2D eigenvalue weighted by atomic mass is 15.1. The summed E-state index contributed by atoms with van der Waals surface area (Å²) in [6.45, 7) is 4.81. The Balaban J connectivity index is 0.000000213. The molecule has 1 unspecified atom stereocenters. The fourth-order valence-electron chi connectivity index (χ4n) is 1.15. The van der Waals surface area contributed by atoms with E-state index in [2.05, 4.69) is 28.5 Å². The SMILES string of the molecule is C1=CC2=CN=NCC2C=C1.CC=CC. The van der Waals surface area contributed by atoms with E-state index < -0.39 is 0 Å². The zero-order valence-corrected chi connectivity index (χ0v) is 8.72. The molecule has 0 fully saturated rings. The molecule has 0 spiro atoms. The standard InChI is InChI=1S/C8H8N2.C4H8/c1-2-4-8-6-10-9-5-7(8)3-1;1-3-4-2/h1-5,8H,6H2;3-4H,1-2H3. The Kier molecular flexibility index (Phi) is 4.62. The van der Waals surface area contributed by atoms with Gasteiger partial charge in [-0.2, -0.15) is 10.2 Å². The van der Waals surface area contributed by atoms with E-state index in [0.717, 1.165) is 6.54 Å². The summed E-state index contributed by atoms with van der Waals surface area (Å²) < 4.78 is 0. The normalized spacial score (nSPS) is 22.7. The Morgan fingerprint density at radius 3 is 2.71 bits per heavy atom. The Morgan fingerprint density at radius 1 is 1.29 bits per heavy atom. The fourth-order valence-corrected chi connectivity index (χ4v) is 1.15. The summed E-state index contributed by atoms with van der Waals surface area (Å²) in [4.78, 5) is 0. The maximum atomic E-state index is 3.92. The second-order valence-corrected chi connectivity index (χ2v) is 3.09. The van der Waals surface area contributed by atoms with Crippen molar-refractivity contribution in [3.05, 3.63) is 48.2 Å². The summed E-state index contributed by atoms with van der Waals surface area (Å²) in [7, 11) is 0. The van der Waals surface area contributed by atoms with Crippen molar-refractivity contribution in [3.63, 3.8) is 0 Å². The Labute approximate surface area is 85.4 Å². The van der Waals surface area contributed by atoms with Gasteiger partial charge in [-0.15, -0.1) is 0 Å². The largest absolute Gasteiger partial charge is 0.188 e. The first-order valence-electron chi connectivity index (χ1n) is 4.87. The number of hydrogen-bond donors (Lipinski definition) is 0. The van der Waals surface area contributed by atoms with Gasteiger partial charge >= 0.3 is 0 Å². The van der Waals surface area contributed by atoms with E-state index >= 15 is 0 Å². The van der Waals surface area contributed by atoms with Gasteiger partial charge in [-0.3, -0.25) is 0 Å². The topological polar surface area (TPSA) is 24.7 Å². The van der Waals surface area contributed by atoms with Crippen molar-refractivity contribution in [1.82, 2.24) is 0 Å². The van der Waals surface area contributed by atoms with Crippen molar-refractivity contribution >= 4 is 0 Å². The average Bonchev–Trinajstić information content (AvgIpc) is 2.30. The molecule has 1 aliphatic heterocycles. The van der Waals surface area contributed by atoms with Crippen molar-refractivity contribution < 1.29 is 0 Å². The molecule has 0 radical (unpaired) electrons. The molecular formula is C12H16N2. The number of allylic oxidation sites excluding steroid dienone is 5. The van der Waals surface area contributed by atoms with Crippen molar-refractivity contribution in [2.24, 2.45) is 16.1 Å². The molecule has 1 aliphatic carbocycles. The summed E-state index contributed by atoms with van der Waals surface area (Å²) in [6.07, 6.45) is 14.2. The quantitative estimate of drug-likeness (QED) is 0.518. The Bertz CT molecular complexity index is 302. The molecule has 2 rings (SSSR count). The molecule has 74 valence electrons. The van der Waals surface area contributed by atoms with Crippen LogP contribution in [-0.4, -0.2) is 6.54 Å². The smallest absolute Gasteiger partial charge is 0.0707 e. The van der Waals surface area contributed by atoms with Gasteiger partial charge in [0.2, 0.25) is 0 Å². The Morgan fingerprint density at radius 2 is 2.07 bits per heavy atom. The van der Waals surface area contributed by atoms with Gasteiger partial charge in [0.25, 0.3) is 0 Å². The molecule has 2 aliphatic rings.